The molecule has 0 saturated carbocycles. The van der Waals surface area contributed by atoms with Gasteiger partial charge in [-0.1, -0.05) is 30.3 Å². The van der Waals surface area contributed by atoms with Crippen molar-refractivity contribution in [3.8, 4) is 0 Å². The largest absolute Gasteiger partial charge is 0.261 e. The molecule has 5 heteroatoms. The molecule has 2 heterocycles. The lowest BCUT2D eigenvalue weighted by molar-refractivity contribution is 1.19. The van der Waals surface area contributed by atoms with E-state index < -0.39 is 0 Å². The van der Waals surface area contributed by atoms with Crippen molar-refractivity contribution in [3.63, 3.8) is 0 Å². The topological polar surface area (TPSA) is 50.2 Å². The van der Waals surface area contributed by atoms with Gasteiger partial charge in [-0.3, -0.25) is 5.43 Å². The van der Waals surface area contributed by atoms with Crippen molar-refractivity contribution in [2.24, 2.45) is 5.10 Å². The van der Waals surface area contributed by atoms with Crippen LogP contribution in [0.5, 0.6) is 0 Å². The van der Waals surface area contributed by atoms with E-state index in [0.717, 1.165) is 21.6 Å². The summed E-state index contributed by atoms with van der Waals surface area (Å²) in [6.07, 6.45) is 3.35. The molecular formula is C15H14N4S. The van der Waals surface area contributed by atoms with Crippen molar-refractivity contribution in [1.82, 2.24) is 9.97 Å². The Labute approximate surface area is 121 Å². The molecule has 0 unspecified atom stereocenters. The van der Waals surface area contributed by atoms with E-state index in [1.165, 1.54) is 10.4 Å². The van der Waals surface area contributed by atoms with E-state index in [-0.39, 0.29) is 0 Å². The van der Waals surface area contributed by atoms with Crippen molar-refractivity contribution in [1.29, 1.82) is 0 Å². The second kappa shape index (κ2) is 5.38. The average molecular weight is 282 g/mol. The number of rotatable bonds is 3. The molecule has 0 atom stereocenters. The highest BCUT2D eigenvalue weighted by molar-refractivity contribution is 7.18. The monoisotopic (exact) mass is 282 g/mol. The fourth-order valence-corrected chi connectivity index (χ4v) is 2.97. The van der Waals surface area contributed by atoms with Crippen LogP contribution in [0, 0.1) is 13.8 Å². The molecule has 0 aliphatic carbocycles. The van der Waals surface area contributed by atoms with E-state index >= 15 is 0 Å². The third-order valence-corrected chi connectivity index (χ3v) is 4.26. The lowest BCUT2D eigenvalue weighted by Gasteiger charge is -2.01. The van der Waals surface area contributed by atoms with Gasteiger partial charge in [0.2, 0.25) is 0 Å². The highest BCUT2D eigenvalue weighted by Gasteiger charge is 2.10. The highest BCUT2D eigenvalue weighted by Crippen LogP contribution is 2.32. The van der Waals surface area contributed by atoms with E-state index in [1.54, 1.807) is 23.9 Å². The number of hydrazone groups is 1. The number of anilines is 1. The van der Waals surface area contributed by atoms with Gasteiger partial charge in [-0.2, -0.15) is 5.10 Å². The van der Waals surface area contributed by atoms with Crippen molar-refractivity contribution >= 4 is 33.6 Å². The van der Waals surface area contributed by atoms with E-state index in [4.69, 9.17) is 0 Å². The molecule has 2 aromatic heterocycles. The van der Waals surface area contributed by atoms with Crippen LogP contribution in [0.2, 0.25) is 0 Å². The summed E-state index contributed by atoms with van der Waals surface area (Å²) in [5.41, 5.74) is 5.27. The molecule has 0 fully saturated rings. The first-order valence-corrected chi connectivity index (χ1v) is 7.12. The maximum absolute atomic E-state index is 4.31. The van der Waals surface area contributed by atoms with Gasteiger partial charge in [0, 0.05) is 4.88 Å². The highest BCUT2D eigenvalue weighted by atomic mass is 32.1. The Morgan fingerprint density at radius 2 is 1.95 bits per heavy atom. The van der Waals surface area contributed by atoms with E-state index in [2.05, 4.69) is 34.3 Å². The molecule has 0 saturated heterocycles. The minimum absolute atomic E-state index is 0.754. The van der Waals surface area contributed by atoms with Crippen molar-refractivity contribution in [2.75, 3.05) is 5.43 Å². The molecule has 100 valence electrons. The fraction of sp³-hybridized carbons (Fsp3) is 0.133. The second-order valence-electron chi connectivity index (χ2n) is 4.47. The number of benzene rings is 1. The summed E-state index contributed by atoms with van der Waals surface area (Å²) in [6.45, 7) is 4.18. The third kappa shape index (κ3) is 2.40. The molecule has 0 spiro atoms. The number of nitrogens with zero attached hydrogens (tertiary/aromatic N) is 3. The normalized spacial score (nSPS) is 11.3. The summed E-state index contributed by atoms with van der Waals surface area (Å²) < 4.78 is 0. The van der Waals surface area contributed by atoms with E-state index in [0.29, 0.717) is 0 Å². The van der Waals surface area contributed by atoms with Gasteiger partial charge in [-0.25, -0.2) is 9.97 Å². The number of hydrogen-bond donors (Lipinski definition) is 1. The SMILES string of the molecule is Cc1sc2ncnc(NN=Cc3ccccc3)c2c1C. The standard InChI is InChI=1S/C15H14N4S/c1-10-11(2)20-15-13(10)14(16-9-17-15)19-18-8-12-6-4-3-5-7-12/h3-9H,1-2H3,(H,16,17,19). The number of hydrogen-bond acceptors (Lipinski definition) is 5. The molecule has 0 bridgehead atoms. The number of nitrogens with one attached hydrogen (secondary N) is 1. The van der Waals surface area contributed by atoms with Crippen LogP contribution >= 0.6 is 11.3 Å². The Kier molecular flexibility index (Phi) is 3.43. The van der Waals surface area contributed by atoms with Crippen molar-refractivity contribution in [3.05, 3.63) is 52.7 Å². The molecule has 0 aliphatic rings. The molecule has 0 amide bonds. The molecule has 20 heavy (non-hydrogen) atoms. The lowest BCUT2D eigenvalue weighted by Crippen LogP contribution is -1.95. The molecular weight excluding hydrogens is 268 g/mol. The zero-order valence-corrected chi connectivity index (χ0v) is 12.1. The Hall–Kier alpha value is -2.27. The minimum Gasteiger partial charge on any atom is -0.261 e. The van der Waals surface area contributed by atoms with Crippen LogP contribution in [0.15, 0.2) is 41.8 Å². The Morgan fingerprint density at radius 1 is 1.15 bits per heavy atom. The summed E-state index contributed by atoms with van der Waals surface area (Å²) in [4.78, 5) is 10.8. The van der Waals surface area contributed by atoms with Crippen LogP contribution in [0.25, 0.3) is 10.2 Å². The summed E-state index contributed by atoms with van der Waals surface area (Å²) >= 11 is 1.68. The number of aromatic nitrogens is 2. The first-order valence-electron chi connectivity index (χ1n) is 6.30. The van der Waals surface area contributed by atoms with Crippen LogP contribution in [0.4, 0.5) is 5.82 Å². The van der Waals surface area contributed by atoms with Crippen LogP contribution in [-0.2, 0) is 0 Å². The van der Waals surface area contributed by atoms with Crippen LogP contribution in [0.3, 0.4) is 0 Å². The Morgan fingerprint density at radius 3 is 2.75 bits per heavy atom. The van der Waals surface area contributed by atoms with Gasteiger partial charge < -0.3 is 0 Å². The predicted molar refractivity (Wildman–Crippen MR) is 84.5 cm³/mol. The lowest BCUT2D eigenvalue weighted by atomic mass is 10.2. The molecule has 0 aliphatic heterocycles. The average Bonchev–Trinajstić information content (AvgIpc) is 2.76. The van der Waals surface area contributed by atoms with E-state index in [1.807, 2.05) is 30.3 Å². The van der Waals surface area contributed by atoms with Gasteiger partial charge in [-0.05, 0) is 25.0 Å². The molecule has 1 aromatic carbocycles. The van der Waals surface area contributed by atoms with Gasteiger partial charge >= 0.3 is 0 Å². The number of aryl methyl sites for hydroxylation is 2. The zero-order chi connectivity index (χ0) is 13.9. The zero-order valence-electron chi connectivity index (χ0n) is 11.3. The molecule has 0 radical (unpaired) electrons. The molecule has 4 nitrogen and oxygen atoms in total. The van der Waals surface area contributed by atoms with Gasteiger partial charge in [0.25, 0.3) is 0 Å². The van der Waals surface area contributed by atoms with Gasteiger partial charge in [0.05, 0.1) is 11.6 Å². The van der Waals surface area contributed by atoms with Gasteiger partial charge in [0.1, 0.15) is 11.2 Å². The second-order valence-corrected chi connectivity index (χ2v) is 5.67. The van der Waals surface area contributed by atoms with Crippen molar-refractivity contribution in [2.45, 2.75) is 13.8 Å². The van der Waals surface area contributed by atoms with Gasteiger partial charge in [0.15, 0.2) is 5.82 Å². The smallest absolute Gasteiger partial charge is 0.158 e. The maximum Gasteiger partial charge on any atom is 0.158 e. The molecule has 1 N–H and O–H groups in total. The molecule has 3 aromatic rings. The first kappa shape index (κ1) is 12.7. The van der Waals surface area contributed by atoms with Crippen LogP contribution in [-0.4, -0.2) is 16.2 Å². The van der Waals surface area contributed by atoms with Gasteiger partial charge in [-0.15, -0.1) is 11.3 Å². The number of fused-ring (bicyclic) bond motifs is 1. The maximum atomic E-state index is 4.31. The van der Waals surface area contributed by atoms with Crippen LogP contribution in [0.1, 0.15) is 16.0 Å². The summed E-state index contributed by atoms with van der Waals surface area (Å²) in [5, 5.41) is 5.31. The first-order chi connectivity index (χ1) is 9.75. The van der Waals surface area contributed by atoms with Crippen molar-refractivity contribution < 1.29 is 0 Å². The Bertz CT molecular complexity index is 762. The summed E-state index contributed by atoms with van der Waals surface area (Å²) in [7, 11) is 0. The predicted octanol–water partition coefficient (Wildman–Crippen LogP) is 3.75. The Balaban J connectivity index is 1.90. The minimum atomic E-state index is 0.754. The summed E-state index contributed by atoms with van der Waals surface area (Å²) in [5.74, 6) is 0.754. The molecule has 3 rings (SSSR count). The number of thiophene rings is 1. The summed E-state index contributed by atoms with van der Waals surface area (Å²) in [6, 6.07) is 9.95. The fourth-order valence-electron chi connectivity index (χ4n) is 1.97. The van der Waals surface area contributed by atoms with E-state index in [9.17, 15) is 0 Å². The quantitative estimate of drug-likeness (QED) is 0.588. The third-order valence-electron chi connectivity index (χ3n) is 3.15. The van der Waals surface area contributed by atoms with Crippen LogP contribution < -0.4 is 5.43 Å².